The van der Waals surface area contributed by atoms with Gasteiger partial charge >= 0.3 is 5.97 Å². The average Bonchev–Trinajstić information content (AvgIpc) is 2.86. The van der Waals surface area contributed by atoms with E-state index in [4.69, 9.17) is 9.52 Å². The number of carboxylic acids is 1. The van der Waals surface area contributed by atoms with Crippen LogP contribution < -0.4 is 4.90 Å². The van der Waals surface area contributed by atoms with E-state index in [1.807, 2.05) is 48.3 Å². The summed E-state index contributed by atoms with van der Waals surface area (Å²) in [6, 6.07) is 13.6. The zero-order chi connectivity index (χ0) is 13.7. The predicted molar refractivity (Wildman–Crippen MR) is 73.9 cm³/mol. The topological polar surface area (TPSA) is 53.7 Å². The van der Waals surface area contributed by atoms with Crippen LogP contribution in [-0.2, 0) is 11.3 Å². The molecule has 0 radical (unpaired) electrons. The van der Waals surface area contributed by atoms with Crippen molar-refractivity contribution in [3.63, 3.8) is 0 Å². The summed E-state index contributed by atoms with van der Waals surface area (Å²) in [5.74, 6) is 0.238. The number of rotatable bonds is 5. The van der Waals surface area contributed by atoms with E-state index in [1.165, 1.54) is 11.6 Å². The molecule has 1 heterocycles. The van der Waals surface area contributed by atoms with E-state index in [9.17, 15) is 4.79 Å². The van der Waals surface area contributed by atoms with Crippen LogP contribution in [0.3, 0.4) is 0 Å². The molecule has 0 atom stereocenters. The monoisotopic (exact) mass is 257 g/mol. The SMILES string of the molecule is CN(Cc1ccccc1)c1ccc(/C=C/C(=O)O)o1. The molecule has 19 heavy (non-hydrogen) atoms. The lowest BCUT2D eigenvalue weighted by molar-refractivity contribution is -0.131. The lowest BCUT2D eigenvalue weighted by Crippen LogP contribution is -2.15. The van der Waals surface area contributed by atoms with Gasteiger partial charge in [0.2, 0.25) is 0 Å². The summed E-state index contributed by atoms with van der Waals surface area (Å²) in [4.78, 5) is 12.4. The van der Waals surface area contributed by atoms with E-state index in [0.717, 1.165) is 12.6 Å². The Bertz CT molecular complexity index is 572. The third-order valence-corrected chi connectivity index (χ3v) is 2.64. The highest BCUT2D eigenvalue weighted by molar-refractivity contribution is 5.84. The molecule has 1 aromatic carbocycles. The van der Waals surface area contributed by atoms with Gasteiger partial charge < -0.3 is 14.4 Å². The first kappa shape index (κ1) is 13.0. The maximum Gasteiger partial charge on any atom is 0.328 e. The quantitative estimate of drug-likeness (QED) is 0.836. The Morgan fingerprint density at radius 3 is 2.68 bits per heavy atom. The van der Waals surface area contributed by atoms with Gasteiger partial charge in [0.05, 0.1) is 0 Å². The number of hydrogen-bond acceptors (Lipinski definition) is 3. The van der Waals surface area contributed by atoms with Crippen molar-refractivity contribution in [2.45, 2.75) is 6.54 Å². The van der Waals surface area contributed by atoms with Crippen molar-refractivity contribution in [2.24, 2.45) is 0 Å². The van der Waals surface area contributed by atoms with Crippen LogP contribution in [0.4, 0.5) is 5.88 Å². The third kappa shape index (κ3) is 3.74. The third-order valence-electron chi connectivity index (χ3n) is 2.64. The number of carbonyl (C=O) groups is 1. The van der Waals surface area contributed by atoms with Crippen LogP contribution >= 0.6 is 0 Å². The summed E-state index contributed by atoms with van der Waals surface area (Å²) < 4.78 is 5.54. The molecule has 4 heteroatoms. The van der Waals surface area contributed by atoms with Gasteiger partial charge in [-0.05, 0) is 17.7 Å². The van der Waals surface area contributed by atoms with Crippen molar-refractivity contribution in [2.75, 3.05) is 11.9 Å². The van der Waals surface area contributed by atoms with Gasteiger partial charge in [0.15, 0.2) is 5.88 Å². The highest BCUT2D eigenvalue weighted by Crippen LogP contribution is 2.20. The van der Waals surface area contributed by atoms with Gasteiger partial charge in [-0.2, -0.15) is 0 Å². The Balaban J connectivity index is 2.04. The first-order valence-electron chi connectivity index (χ1n) is 5.91. The van der Waals surface area contributed by atoms with Crippen molar-refractivity contribution in [3.8, 4) is 0 Å². The largest absolute Gasteiger partial charge is 0.478 e. The zero-order valence-corrected chi connectivity index (χ0v) is 10.6. The molecule has 0 aliphatic rings. The van der Waals surface area contributed by atoms with Gasteiger partial charge in [-0.15, -0.1) is 0 Å². The van der Waals surface area contributed by atoms with Gasteiger partial charge in [0.1, 0.15) is 5.76 Å². The van der Waals surface area contributed by atoms with Crippen LogP contribution in [0, 0.1) is 0 Å². The van der Waals surface area contributed by atoms with E-state index < -0.39 is 5.97 Å². The Morgan fingerprint density at radius 1 is 1.26 bits per heavy atom. The molecule has 2 aromatic rings. The maximum absolute atomic E-state index is 10.4. The molecule has 0 fully saturated rings. The molecule has 0 unspecified atom stereocenters. The van der Waals surface area contributed by atoms with Crippen molar-refractivity contribution in [3.05, 3.63) is 59.9 Å². The lowest BCUT2D eigenvalue weighted by atomic mass is 10.2. The second kappa shape index (κ2) is 5.91. The van der Waals surface area contributed by atoms with Crippen molar-refractivity contribution < 1.29 is 14.3 Å². The minimum Gasteiger partial charge on any atom is -0.478 e. The minimum atomic E-state index is -0.990. The van der Waals surface area contributed by atoms with Crippen LogP contribution in [0.2, 0.25) is 0 Å². The summed E-state index contributed by atoms with van der Waals surface area (Å²) in [7, 11) is 1.93. The summed E-state index contributed by atoms with van der Waals surface area (Å²) in [6.07, 6.45) is 2.49. The van der Waals surface area contributed by atoms with Crippen LogP contribution in [-0.4, -0.2) is 18.1 Å². The summed E-state index contributed by atoms with van der Waals surface area (Å²) in [6.45, 7) is 0.733. The zero-order valence-electron chi connectivity index (χ0n) is 10.6. The molecule has 2 rings (SSSR count). The minimum absolute atomic E-state index is 0.525. The van der Waals surface area contributed by atoms with Crippen LogP contribution in [0.5, 0.6) is 0 Å². The number of carboxylic acid groups (broad SMARTS) is 1. The van der Waals surface area contributed by atoms with E-state index in [-0.39, 0.29) is 0 Å². The van der Waals surface area contributed by atoms with Gasteiger partial charge in [-0.1, -0.05) is 30.3 Å². The van der Waals surface area contributed by atoms with Crippen LogP contribution in [0.15, 0.2) is 53.0 Å². The Labute approximate surface area is 111 Å². The molecule has 0 aliphatic carbocycles. The van der Waals surface area contributed by atoms with E-state index in [0.29, 0.717) is 11.6 Å². The van der Waals surface area contributed by atoms with E-state index >= 15 is 0 Å². The van der Waals surface area contributed by atoms with E-state index in [1.54, 1.807) is 6.07 Å². The molecule has 1 aromatic heterocycles. The second-order valence-corrected chi connectivity index (χ2v) is 4.19. The number of aliphatic carboxylic acids is 1. The molecular formula is C15H15NO3. The molecule has 4 nitrogen and oxygen atoms in total. The standard InChI is InChI=1S/C15H15NO3/c1-16(11-12-5-3-2-4-6-12)14-9-7-13(19-14)8-10-15(17)18/h2-10H,11H2,1H3,(H,17,18)/b10-8+. The number of hydrogen-bond donors (Lipinski definition) is 1. The number of anilines is 1. The molecule has 0 aliphatic heterocycles. The average molecular weight is 257 g/mol. The fourth-order valence-electron chi connectivity index (χ4n) is 1.73. The van der Waals surface area contributed by atoms with Crippen molar-refractivity contribution >= 4 is 17.9 Å². The molecule has 1 N–H and O–H groups in total. The Hall–Kier alpha value is -2.49. The number of benzene rings is 1. The molecule has 0 saturated carbocycles. The molecule has 0 bridgehead atoms. The predicted octanol–water partition coefficient (Wildman–Crippen LogP) is 3.01. The fraction of sp³-hybridized carbons (Fsp3) is 0.133. The number of nitrogens with zero attached hydrogens (tertiary/aromatic N) is 1. The lowest BCUT2D eigenvalue weighted by Gasteiger charge is -2.15. The van der Waals surface area contributed by atoms with E-state index in [2.05, 4.69) is 0 Å². The summed E-state index contributed by atoms with van der Waals surface area (Å²) >= 11 is 0. The van der Waals surface area contributed by atoms with Gasteiger partial charge in [0, 0.05) is 25.7 Å². The maximum atomic E-state index is 10.4. The van der Waals surface area contributed by atoms with Gasteiger partial charge in [-0.3, -0.25) is 0 Å². The second-order valence-electron chi connectivity index (χ2n) is 4.19. The molecule has 98 valence electrons. The summed E-state index contributed by atoms with van der Waals surface area (Å²) in [5.41, 5.74) is 1.18. The number of furan rings is 1. The van der Waals surface area contributed by atoms with Gasteiger partial charge in [-0.25, -0.2) is 4.79 Å². The molecule has 0 amide bonds. The van der Waals surface area contributed by atoms with Crippen LogP contribution in [0.25, 0.3) is 6.08 Å². The highest BCUT2D eigenvalue weighted by Gasteiger charge is 2.06. The molecule has 0 spiro atoms. The normalized spacial score (nSPS) is 10.8. The fourth-order valence-corrected chi connectivity index (χ4v) is 1.73. The molecule has 0 saturated heterocycles. The van der Waals surface area contributed by atoms with Crippen molar-refractivity contribution in [1.82, 2.24) is 0 Å². The Kier molecular flexibility index (Phi) is 4.03. The van der Waals surface area contributed by atoms with Crippen LogP contribution in [0.1, 0.15) is 11.3 Å². The molecular weight excluding hydrogens is 242 g/mol. The summed E-state index contributed by atoms with van der Waals surface area (Å²) in [5, 5.41) is 8.55. The first-order valence-corrected chi connectivity index (χ1v) is 5.91. The highest BCUT2D eigenvalue weighted by atomic mass is 16.4. The van der Waals surface area contributed by atoms with Gasteiger partial charge in [0.25, 0.3) is 0 Å². The smallest absolute Gasteiger partial charge is 0.328 e. The van der Waals surface area contributed by atoms with Crippen molar-refractivity contribution in [1.29, 1.82) is 0 Å². The Morgan fingerprint density at radius 2 is 2.00 bits per heavy atom. The first-order chi connectivity index (χ1) is 9.15.